The lowest BCUT2D eigenvalue weighted by Gasteiger charge is -2.09. The molecule has 4 aromatic rings. The molecule has 0 unspecified atom stereocenters. The molecule has 34 heavy (non-hydrogen) atoms. The summed E-state index contributed by atoms with van der Waals surface area (Å²) >= 11 is 0. The molecule has 0 spiro atoms. The van der Waals surface area contributed by atoms with E-state index in [0.717, 1.165) is 24.3 Å². The lowest BCUT2D eigenvalue weighted by Crippen LogP contribution is -2.23. The Kier molecular flexibility index (Phi) is 6.08. The van der Waals surface area contributed by atoms with E-state index in [1.807, 2.05) is 18.2 Å². The van der Waals surface area contributed by atoms with Gasteiger partial charge in [-0.15, -0.1) is 0 Å². The molecule has 0 bridgehead atoms. The molecule has 3 aromatic carbocycles. The molecule has 1 heterocycles. The molecule has 10 heteroatoms. The van der Waals surface area contributed by atoms with Crippen LogP contribution in [0, 0.1) is 12.7 Å². The second kappa shape index (κ2) is 8.99. The fraction of sp³-hybridized carbons (Fsp3) is 0.0833. The molecule has 1 aromatic heterocycles. The highest BCUT2D eigenvalue weighted by atomic mass is 32.2. The first-order valence-electron chi connectivity index (χ1n) is 10.2. The number of rotatable bonds is 6. The van der Waals surface area contributed by atoms with Gasteiger partial charge in [-0.05, 0) is 67.6 Å². The second-order valence-corrected chi connectivity index (χ2v) is 9.21. The molecule has 0 saturated carbocycles. The Morgan fingerprint density at radius 3 is 2.15 bits per heavy atom. The van der Waals surface area contributed by atoms with E-state index in [-0.39, 0.29) is 27.4 Å². The van der Waals surface area contributed by atoms with Crippen molar-refractivity contribution in [2.45, 2.75) is 11.8 Å². The predicted octanol–water partition coefficient (Wildman–Crippen LogP) is 3.68. The summed E-state index contributed by atoms with van der Waals surface area (Å²) in [5.74, 6) is -1.06. The Labute approximate surface area is 195 Å². The number of para-hydroxylation sites is 1. The fourth-order valence-corrected chi connectivity index (χ4v) is 4.47. The first-order valence-corrected chi connectivity index (χ1v) is 11.7. The molecule has 0 fully saturated rings. The Bertz CT molecular complexity index is 1510. The van der Waals surface area contributed by atoms with Gasteiger partial charge >= 0.3 is 0 Å². The molecule has 0 aliphatic heterocycles. The number of nitrogens with one attached hydrogen (secondary N) is 2. The van der Waals surface area contributed by atoms with Gasteiger partial charge in [0, 0.05) is 18.3 Å². The second-order valence-electron chi connectivity index (χ2n) is 7.53. The number of hydrogen-bond donors (Lipinski definition) is 2. The van der Waals surface area contributed by atoms with Crippen LogP contribution in [0.5, 0.6) is 0 Å². The van der Waals surface area contributed by atoms with E-state index in [1.165, 1.54) is 28.9 Å². The molecule has 0 atom stereocenters. The zero-order valence-corrected chi connectivity index (χ0v) is 19.1. The average Bonchev–Trinajstić information content (AvgIpc) is 3.03. The number of benzene rings is 3. The third kappa shape index (κ3) is 4.48. The summed E-state index contributed by atoms with van der Waals surface area (Å²) in [5.41, 5.74) is 1.48. The minimum absolute atomic E-state index is 0.0926. The van der Waals surface area contributed by atoms with Crippen molar-refractivity contribution >= 4 is 27.3 Å². The van der Waals surface area contributed by atoms with E-state index < -0.39 is 21.7 Å². The molecule has 1 amide bonds. The van der Waals surface area contributed by atoms with Crippen molar-refractivity contribution in [2.24, 2.45) is 7.05 Å². The van der Waals surface area contributed by atoms with E-state index >= 15 is 0 Å². The van der Waals surface area contributed by atoms with Crippen molar-refractivity contribution in [3.63, 3.8) is 0 Å². The van der Waals surface area contributed by atoms with Crippen LogP contribution in [0.15, 0.2) is 88.6 Å². The summed E-state index contributed by atoms with van der Waals surface area (Å²) in [6.45, 7) is 1.73. The summed E-state index contributed by atoms with van der Waals surface area (Å²) in [5, 5.41) is 2.66. The van der Waals surface area contributed by atoms with Crippen molar-refractivity contribution in [3.8, 4) is 5.69 Å². The van der Waals surface area contributed by atoms with Gasteiger partial charge in [0.1, 0.15) is 11.5 Å². The van der Waals surface area contributed by atoms with Crippen LogP contribution < -0.4 is 15.6 Å². The number of anilines is 2. The van der Waals surface area contributed by atoms with Crippen LogP contribution in [0.3, 0.4) is 0 Å². The third-order valence-electron chi connectivity index (χ3n) is 5.32. The van der Waals surface area contributed by atoms with Gasteiger partial charge in [0.2, 0.25) is 0 Å². The van der Waals surface area contributed by atoms with Crippen molar-refractivity contribution in [3.05, 3.63) is 106 Å². The predicted molar refractivity (Wildman–Crippen MR) is 127 cm³/mol. The number of nitrogens with zero attached hydrogens (tertiary/aromatic N) is 2. The van der Waals surface area contributed by atoms with Gasteiger partial charge in [0.15, 0.2) is 0 Å². The highest BCUT2D eigenvalue weighted by Crippen LogP contribution is 2.19. The molecule has 0 aliphatic carbocycles. The average molecular weight is 481 g/mol. The lowest BCUT2D eigenvalue weighted by molar-refractivity contribution is 0.102. The number of halogens is 1. The number of sulfonamides is 1. The molecule has 0 saturated heterocycles. The standard InChI is InChI=1S/C24H21FN4O4S/c1-16-22(24(31)29(28(16)2)20-6-4-3-5-7-20)26-23(30)17-8-12-19(13-9-17)27-34(32,33)21-14-10-18(25)11-15-21/h3-15,27H,1-2H3,(H,26,30). The van der Waals surface area contributed by atoms with Crippen LogP contribution in [0.2, 0.25) is 0 Å². The fourth-order valence-electron chi connectivity index (χ4n) is 3.42. The molecule has 0 radical (unpaired) electrons. The van der Waals surface area contributed by atoms with Crippen molar-refractivity contribution in [2.75, 3.05) is 10.0 Å². The topological polar surface area (TPSA) is 102 Å². The number of carbonyl (C=O) groups excluding carboxylic acids is 1. The minimum atomic E-state index is -3.92. The monoisotopic (exact) mass is 480 g/mol. The maximum absolute atomic E-state index is 13.1. The van der Waals surface area contributed by atoms with Gasteiger partial charge in [-0.25, -0.2) is 17.5 Å². The van der Waals surface area contributed by atoms with Gasteiger partial charge in [0.25, 0.3) is 21.5 Å². The van der Waals surface area contributed by atoms with E-state index in [4.69, 9.17) is 0 Å². The van der Waals surface area contributed by atoms with Gasteiger partial charge in [-0.1, -0.05) is 18.2 Å². The zero-order valence-electron chi connectivity index (χ0n) is 18.3. The largest absolute Gasteiger partial charge is 0.316 e. The van der Waals surface area contributed by atoms with Crippen molar-refractivity contribution in [1.82, 2.24) is 9.36 Å². The number of amides is 1. The summed E-state index contributed by atoms with van der Waals surface area (Å²) in [7, 11) is -2.19. The van der Waals surface area contributed by atoms with Gasteiger partial charge in [-0.3, -0.25) is 19.0 Å². The van der Waals surface area contributed by atoms with Crippen LogP contribution in [-0.4, -0.2) is 23.7 Å². The van der Waals surface area contributed by atoms with E-state index in [9.17, 15) is 22.4 Å². The Morgan fingerprint density at radius 1 is 0.912 bits per heavy atom. The zero-order chi connectivity index (χ0) is 24.5. The molecule has 2 N–H and O–H groups in total. The highest BCUT2D eigenvalue weighted by Gasteiger charge is 2.19. The molecule has 8 nitrogen and oxygen atoms in total. The quantitative estimate of drug-likeness (QED) is 0.440. The maximum atomic E-state index is 13.1. The first-order chi connectivity index (χ1) is 16.2. The van der Waals surface area contributed by atoms with E-state index in [2.05, 4.69) is 10.0 Å². The van der Waals surface area contributed by atoms with Crippen molar-refractivity contribution in [1.29, 1.82) is 0 Å². The Morgan fingerprint density at radius 2 is 1.53 bits per heavy atom. The van der Waals surface area contributed by atoms with Crippen LogP contribution >= 0.6 is 0 Å². The molecule has 174 valence electrons. The molecular weight excluding hydrogens is 459 g/mol. The van der Waals surface area contributed by atoms with Gasteiger partial charge < -0.3 is 5.32 Å². The lowest BCUT2D eigenvalue weighted by atomic mass is 10.2. The molecular formula is C24H21FN4O4S. The summed E-state index contributed by atoms with van der Waals surface area (Å²) < 4.78 is 43.4. The normalized spacial score (nSPS) is 11.3. The third-order valence-corrected chi connectivity index (χ3v) is 6.71. The van der Waals surface area contributed by atoms with Crippen LogP contribution in [0.25, 0.3) is 5.69 Å². The van der Waals surface area contributed by atoms with Crippen LogP contribution in [-0.2, 0) is 17.1 Å². The van der Waals surface area contributed by atoms with Gasteiger partial charge in [-0.2, -0.15) is 0 Å². The summed E-state index contributed by atoms with van der Waals surface area (Å²) in [4.78, 5) is 25.7. The van der Waals surface area contributed by atoms with Gasteiger partial charge in [0.05, 0.1) is 16.3 Å². The smallest absolute Gasteiger partial charge is 0.295 e. The Balaban J connectivity index is 1.53. The molecule has 0 aliphatic rings. The van der Waals surface area contributed by atoms with Crippen LogP contribution in [0.1, 0.15) is 16.1 Å². The Hall–Kier alpha value is -4.18. The summed E-state index contributed by atoms with van der Waals surface area (Å²) in [6.07, 6.45) is 0. The van der Waals surface area contributed by atoms with Crippen LogP contribution in [0.4, 0.5) is 15.8 Å². The maximum Gasteiger partial charge on any atom is 0.295 e. The first kappa shape index (κ1) is 23.0. The summed E-state index contributed by atoms with van der Waals surface area (Å²) in [6, 6.07) is 19.2. The number of aromatic nitrogens is 2. The molecule has 4 rings (SSSR count). The SMILES string of the molecule is Cc1c(NC(=O)c2ccc(NS(=O)(=O)c3ccc(F)cc3)cc2)c(=O)n(-c2ccccc2)n1C. The van der Waals surface area contributed by atoms with E-state index in [0.29, 0.717) is 11.4 Å². The van der Waals surface area contributed by atoms with Crippen molar-refractivity contribution < 1.29 is 17.6 Å². The van der Waals surface area contributed by atoms with E-state index in [1.54, 1.807) is 30.8 Å². The highest BCUT2D eigenvalue weighted by molar-refractivity contribution is 7.92. The number of hydrogen-bond acceptors (Lipinski definition) is 4. The minimum Gasteiger partial charge on any atom is -0.316 e. The number of carbonyl (C=O) groups is 1.